The molecule has 0 unspecified atom stereocenters. The van der Waals surface area contributed by atoms with Crippen molar-refractivity contribution in [2.75, 3.05) is 34.9 Å². The smallest absolute Gasteiger partial charge is 0.345 e. The maximum absolute atomic E-state index is 13.0. The van der Waals surface area contributed by atoms with Crippen LogP contribution in [-0.4, -0.2) is 46.9 Å². The Kier molecular flexibility index (Phi) is 4.66. The van der Waals surface area contributed by atoms with Crippen LogP contribution in [0.5, 0.6) is 28.7 Å². The van der Waals surface area contributed by atoms with Crippen molar-refractivity contribution >= 4 is 22.7 Å². The number of esters is 2. The minimum atomic E-state index is -0.715. The van der Waals surface area contributed by atoms with E-state index in [1.807, 2.05) is 0 Å². The first kappa shape index (κ1) is 19.8. The van der Waals surface area contributed by atoms with Crippen LogP contribution < -0.4 is 23.7 Å². The summed E-state index contributed by atoms with van der Waals surface area (Å²) < 4.78 is 37.7. The highest BCUT2D eigenvalue weighted by atomic mass is 16.7. The molecule has 0 aromatic heterocycles. The van der Waals surface area contributed by atoms with Gasteiger partial charge in [-0.1, -0.05) is 6.07 Å². The van der Waals surface area contributed by atoms with Crippen molar-refractivity contribution < 1.29 is 42.7 Å². The zero-order valence-corrected chi connectivity index (χ0v) is 17.5. The fraction of sp³-hybridized carbons (Fsp3) is 0.217. The molecule has 3 aromatic rings. The van der Waals surface area contributed by atoms with Crippen LogP contribution in [0.1, 0.15) is 20.7 Å². The monoisotopic (exact) mass is 438 g/mol. The lowest BCUT2D eigenvalue weighted by Crippen LogP contribution is -2.23. The Labute approximate surface area is 182 Å². The van der Waals surface area contributed by atoms with Gasteiger partial charge in [0.1, 0.15) is 11.3 Å². The highest BCUT2D eigenvalue weighted by Gasteiger charge is 2.35. The number of carbonyl (C=O) groups is 2. The number of benzene rings is 3. The lowest BCUT2D eigenvalue weighted by Gasteiger charge is -2.24. The number of carbonyl (C=O) groups excluding carboxylic acids is 2. The molecule has 0 saturated heterocycles. The Balaban J connectivity index is 1.94. The molecule has 0 atom stereocenters. The molecule has 9 nitrogen and oxygen atoms in total. The van der Waals surface area contributed by atoms with Gasteiger partial charge in [-0.2, -0.15) is 0 Å². The molecule has 0 bridgehead atoms. The summed E-state index contributed by atoms with van der Waals surface area (Å²) in [5.74, 6) is 0.796. The number of fused-ring (bicyclic) bond motifs is 4. The summed E-state index contributed by atoms with van der Waals surface area (Å²) in [6.07, 6.45) is 0. The Hall–Kier alpha value is -4.14. The van der Waals surface area contributed by atoms with Crippen LogP contribution in [0.15, 0.2) is 30.3 Å². The Morgan fingerprint density at radius 3 is 2.19 bits per heavy atom. The van der Waals surface area contributed by atoms with Gasteiger partial charge in [-0.3, -0.25) is 0 Å². The molecule has 0 N–H and O–H groups in total. The third-order valence-corrected chi connectivity index (χ3v) is 5.41. The fourth-order valence-electron chi connectivity index (χ4n) is 4.00. The second kappa shape index (κ2) is 7.52. The molecular formula is C23H18O9. The molecule has 0 aliphatic carbocycles. The van der Waals surface area contributed by atoms with Gasteiger partial charge in [0.05, 0.1) is 26.9 Å². The molecule has 9 heteroatoms. The van der Waals surface area contributed by atoms with Crippen LogP contribution in [0, 0.1) is 0 Å². The Morgan fingerprint density at radius 1 is 0.812 bits per heavy atom. The van der Waals surface area contributed by atoms with Crippen molar-refractivity contribution in [1.29, 1.82) is 0 Å². The van der Waals surface area contributed by atoms with Gasteiger partial charge in [-0.05, 0) is 35.2 Å². The van der Waals surface area contributed by atoms with Gasteiger partial charge in [0.15, 0.2) is 23.0 Å². The average molecular weight is 438 g/mol. The van der Waals surface area contributed by atoms with Crippen LogP contribution in [0.3, 0.4) is 0 Å². The third-order valence-electron chi connectivity index (χ3n) is 5.41. The molecule has 2 aliphatic heterocycles. The van der Waals surface area contributed by atoms with E-state index in [2.05, 4.69) is 0 Å². The van der Waals surface area contributed by atoms with Crippen molar-refractivity contribution in [3.63, 3.8) is 0 Å². The summed E-state index contributed by atoms with van der Waals surface area (Å²) in [6.45, 7) is -0.210. The molecule has 0 spiro atoms. The van der Waals surface area contributed by atoms with Gasteiger partial charge >= 0.3 is 11.9 Å². The summed E-state index contributed by atoms with van der Waals surface area (Å²) in [4.78, 5) is 25.8. The average Bonchev–Trinajstić information content (AvgIpc) is 3.28. The fourth-order valence-corrected chi connectivity index (χ4v) is 4.00. The van der Waals surface area contributed by atoms with Crippen molar-refractivity contribution in [1.82, 2.24) is 0 Å². The lowest BCUT2D eigenvalue weighted by atomic mass is 9.88. The minimum Gasteiger partial charge on any atom is -0.493 e. The molecule has 2 heterocycles. The van der Waals surface area contributed by atoms with Crippen LogP contribution in [-0.2, 0) is 9.47 Å². The third kappa shape index (κ3) is 2.85. The van der Waals surface area contributed by atoms with Gasteiger partial charge in [0, 0.05) is 10.9 Å². The largest absolute Gasteiger partial charge is 0.493 e. The molecule has 32 heavy (non-hydrogen) atoms. The van der Waals surface area contributed by atoms with E-state index in [9.17, 15) is 9.59 Å². The van der Waals surface area contributed by atoms with E-state index in [0.717, 1.165) is 0 Å². The number of hydrogen-bond acceptors (Lipinski definition) is 9. The van der Waals surface area contributed by atoms with E-state index in [0.29, 0.717) is 44.9 Å². The SMILES string of the molecule is COC(=O)c1c2c(c3cc4c(cc3c1-c1ccc(OC)c(OC)c1)OCO4)OCOC2=O. The molecule has 5 rings (SSSR count). The molecule has 0 amide bonds. The van der Waals surface area contributed by atoms with Crippen molar-refractivity contribution in [3.8, 4) is 39.9 Å². The molecule has 0 radical (unpaired) electrons. The highest BCUT2D eigenvalue weighted by molar-refractivity contribution is 6.19. The number of cyclic esters (lactones) is 1. The Bertz CT molecular complexity index is 1280. The minimum absolute atomic E-state index is 0.0146. The van der Waals surface area contributed by atoms with Crippen LogP contribution in [0.4, 0.5) is 0 Å². The summed E-state index contributed by atoms with van der Waals surface area (Å²) in [6, 6.07) is 8.66. The second-order valence-corrected chi connectivity index (χ2v) is 6.96. The van der Waals surface area contributed by atoms with Crippen LogP contribution >= 0.6 is 0 Å². The standard InChI is InChI=1S/C23H18O9/c1-26-14-5-4-11(6-15(14)27-2)18-12-7-16-17(30-9-29-16)8-13(12)21-20(19(18)22(24)28-3)23(25)32-10-31-21/h4-8H,9-10H2,1-3H3. The van der Waals surface area contributed by atoms with E-state index in [4.69, 9.17) is 33.2 Å². The number of hydrogen-bond donors (Lipinski definition) is 0. The first-order valence-corrected chi connectivity index (χ1v) is 9.61. The van der Waals surface area contributed by atoms with Crippen molar-refractivity contribution in [2.45, 2.75) is 0 Å². The summed E-state index contributed by atoms with van der Waals surface area (Å²) in [5.41, 5.74) is 1.03. The predicted molar refractivity (Wildman–Crippen MR) is 111 cm³/mol. The highest BCUT2D eigenvalue weighted by Crippen LogP contribution is 2.48. The quantitative estimate of drug-likeness (QED) is 0.566. The molecular weight excluding hydrogens is 420 g/mol. The summed E-state index contributed by atoms with van der Waals surface area (Å²) in [5, 5.41) is 1.17. The van der Waals surface area contributed by atoms with E-state index >= 15 is 0 Å². The van der Waals surface area contributed by atoms with Crippen molar-refractivity contribution in [2.24, 2.45) is 0 Å². The number of rotatable bonds is 4. The van der Waals surface area contributed by atoms with Gasteiger partial charge < -0.3 is 33.2 Å². The molecule has 0 fully saturated rings. The van der Waals surface area contributed by atoms with Crippen molar-refractivity contribution in [3.05, 3.63) is 41.5 Å². The van der Waals surface area contributed by atoms with E-state index in [-0.39, 0.29) is 30.5 Å². The molecule has 164 valence electrons. The van der Waals surface area contributed by atoms with Gasteiger partial charge in [0.25, 0.3) is 0 Å². The van der Waals surface area contributed by atoms with E-state index < -0.39 is 11.9 Å². The molecule has 0 saturated carbocycles. The van der Waals surface area contributed by atoms with Gasteiger partial charge in [0.2, 0.25) is 13.6 Å². The first-order valence-electron chi connectivity index (χ1n) is 9.61. The summed E-state index contributed by atoms with van der Waals surface area (Å²) >= 11 is 0. The Morgan fingerprint density at radius 2 is 1.50 bits per heavy atom. The van der Waals surface area contributed by atoms with Gasteiger partial charge in [-0.25, -0.2) is 9.59 Å². The van der Waals surface area contributed by atoms with E-state index in [1.54, 1.807) is 30.3 Å². The van der Waals surface area contributed by atoms with Crippen LogP contribution in [0.25, 0.3) is 21.9 Å². The second-order valence-electron chi connectivity index (χ2n) is 6.96. The number of ether oxygens (including phenoxy) is 7. The number of methoxy groups -OCH3 is 3. The first-order chi connectivity index (χ1) is 15.6. The van der Waals surface area contributed by atoms with Crippen LogP contribution in [0.2, 0.25) is 0 Å². The molecule has 2 aliphatic rings. The topological polar surface area (TPSA) is 98.8 Å². The maximum Gasteiger partial charge on any atom is 0.345 e. The predicted octanol–water partition coefficient (Wildman–Crippen LogP) is 3.55. The molecule has 3 aromatic carbocycles. The maximum atomic E-state index is 13.0. The lowest BCUT2D eigenvalue weighted by molar-refractivity contribution is 0.00494. The van der Waals surface area contributed by atoms with Gasteiger partial charge in [-0.15, -0.1) is 0 Å². The zero-order chi connectivity index (χ0) is 22.4. The zero-order valence-electron chi connectivity index (χ0n) is 17.5. The van der Waals surface area contributed by atoms with E-state index in [1.165, 1.54) is 21.3 Å². The summed E-state index contributed by atoms with van der Waals surface area (Å²) in [7, 11) is 4.28. The normalized spacial score (nSPS) is 13.8.